The molecule has 2 aliphatic heterocycles. The summed E-state index contributed by atoms with van der Waals surface area (Å²) < 4.78 is 10.6. The van der Waals surface area contributed by atoms with Crippen LogP contribution in [0.5, 0.6) is 11.5 Å². The first-order valence-corrected chi connectivity index (χ1v) is 9.14. The van der Waals surface area contributed by atoms with Crippen molar-refractivity contribution < 1.29 is 23.9 Å². The van der Waals surface area contributed by atoms with Crippen LogP contribution in [0, 0.1) is 0 Å². The molecule has 0 radical (unpaired) electrons. The number of thioether (sulfide) groups is 1. The Labute approximate surface area is 163 Å². The van der Waals surface area contributed by atoms with E-state index in [1.165, 1.54) is 0 Å². The molecule has 4 rings (SSSR count). The zero-order valence-electron chi connectivity index (χ0n) is 13.8. The van der Waals surface area contributed by atoms with Crippen LogP contribution in [0.1, 0.15) is 15.9 Å². The molecular weight excluding hydrogens is 390 g/mol. The van der Waals surface area contributed by atoms with Crippen LogP contribution in [0.15, 0.2) is 47.4 Å². The van der Waals surface area contributed by atoms with Crippen LogP contribution in [0.4, 0.5) is 4.79 Å². The SMILES string of the molecule is O=C(CN1C(=O)S/C(=C/c2ccc3c(c2)OCO3)C1=O)c1ccc(Cl)cc1. The van der Waals surface area contributed by atoms with Crippen LogP contribution in [-0.2, 0) is 4.79 Å². The number of ether oxygens (including phenoxy) is 2. The third-order valence-electron chi connectivity index (χ3n) is 4.04. The largest absolute Gasteiger partial charge is 0.454 e. The van der Waals surface area contributed by atoms with E-state index in [9.17, 15) is 14.4 Å². The quantitative estimate of drug-likeness (QED) is 0.569. The number of benzene rings is 2. The van der Waals surface area contributed by atoms with Crippen molar-refractivity contribution >= 4 is 46.4 Å². The van der Waals surface area contributed by atoms with Crippen molar-refractivity contribution in [2.24, 2.45) is 0 Å². The smallest absolute Gasteiger partial charge is 0.293 e. The van der Waals surface area contributed by atoms with Gasteiger partial charge >= 0.3 is 0 Å². The van der Waals surface area contributed by atoms with E-state index < -0.39 is 11.1 Å². The van der Waals surface area contributed by atoms with Gasteiger partial charge in [0.1, 0.15) is 0 Å². The van der Waals surface area contributed by atoms with Gasteiger partial charge in [-0.25, -0.2) is 0 Å². The molecule has 1 fully saturated rings. The van der Waals surface area contributed by atoms with E-state index in [0.29, 0.717) is 27.6 Å². The first-order valence-electron chi connectivity index (χ1n) is 7.95. The molecular formula is C19H12ClNO5S. The molecule has 2 aliphatic rings. The summed E-state index contributed by atoms with van der Waals surface area (Å²) in [6.07, 6.45) is 1.60. The van der Waals surface area contributed by atoms with Gasteiger partial charge in [0.25, 0.3) is 11.1 Å². The van der Waals surface area contributed by atoms with Crippen molar-refractivity contribution in [1.29, 1.82) is 0 Å². The van der Waals surface area contributed by atoms with Crippen LogP contribution < -0.4 is 9.47 Å². The standard InChI is InChI=1S/C19H12ClNO5S/c20-13-4-2-12(3-5-13)14(22)9-21-18(23)17(27-19(21)24)8-11-1-6-15-16(7-11)26-10-25-15/h1-8H,9-10H2/b17-8+. The first-order chi connectivity index (χ1) is 13.0. The molecule has 27 heavy (non-hydrogen) atoms. The maximum absolute atomic E-state index is 12.6. The number of carbonyl (C=O) groups is 3. The Balaban J connectivity index is 1.51. The van der Waals surface area contributed by atoms with Crippen molar-refractivity contribution in [1.82, 2.24) is 4.90 Å². The van der Waals surface area contributed by atoms with Crippen molar-refractivity contribution in [3.63, 3.8) is 0 Å². The molecule has 136 valence electrons. The van der Waals surface area contributed by atoms with E-state index in [1.807, 2.05) is 0 Å². The van der Waals surface area contributed by atoms with E-state index in [1.54, 1.807) is 48.5 Å². The number of hydrogen-bond acceptors (Lipinski definition) is 6. The van der Waals surface area contributed by atoms with Gasteiger partial charge in [-0.15, -0.1) is 0 Å². The topological polar surface area (TPSA) is 72.9 Å². The second-order valence-electron chi connectivity index (χ2n) is 5.81. The first kappa shape index (κ1) is 17.6. The highest BCUT2D eigenvalue weighted by Crippen LogP contribution is 2.36. The Bertz CT molecular complexity index is 986. The van der Waals surface area contributed by atoms with Crippen LogP contribution in [-0.4, -0.2) is 35.2 Å². The van der Waals surface area contributed by atoms with E-state index >= 15 is 0 Å². The molecule has 0 bridgehead atoms. The van der Waals surface area contributed by atoms with Gasteiger partial charge in [-0.3, -0.25) is 19.3 Å². The monoisotopic (exact) mass is 401 g/mol. The van der Waals surface area contributed by atoms with Gasteiger partial charge in [0.2, 0.25) is 6.79 Å². The second kappa shape index (κ2) is 7.09. The van der Waals surface area contributed by atoms with Gasteiger partial charge in [-0.05, 0) is 59.8 Å². The third-order valence-corrected chi connectivity index (χ3v) is 5.20. The van der Waals surface area contributed by atoms with Crippen molar-refractivity contribution in [2.75, 3.05) is 13.3 Å². The molecule has 0 spiro atoms. The molecule has 0 aromatic heterocycles. The second-order valence-corrected chi connectivity index (χ2v) is 7.24. The number of nitrogens with zero attached hydrogens (tertiary/aromatic N) is 1. The van der Waals surface area contributed by atoms with E-state index in [2.05, 4.69) is 0 Å². The molecule has 0 saturated carbocycles. The van der Waals surface area contributed by atoms with Crippen molar-refractivity contribution in [3.05, 3.63) is 63.5 Å². The lowest BCUT2D eigenvalue weighted by molar-refractivity contribution is -0.122. The van der Waals surface area contributed by atoms with Gasteiger partial charge in [0, 0.05) is 10.6 Å². The molecule has 8 heteroatoms. The minimum absolute atomic E-state index is 0.155. The van der Waals surface area contributed by atoms with Gasteiger partial charge in [-0.1, -0.05) is 17.7 Å². The van der Waals surface area contributed by atoms with Crippen LogP contribution >= 0.6 is 23.4 Å². The molecule has 2 aromatic carbocycles. The zero-order chi connectivity index (χ0) is 19.0. The average molecular weight is 402 g/mol. The Morgan fingerprint density at radius 3 is 2.63 bits per heavy atom. The van der Waals surface area contributed by atoms with Crippen molar-refractivity contribution in [3.8, 4) is 11.5 Å². The lowest BCUT2D eigenvalue weighted by Crippen LogP contribution is -2.33. The predicted molar refractivity (Wildman–Crippen MR) is 101 cm³/mol. The number of halogens is 1. The zero-order valence-corrected chi connectivity index (χ0v) is 15.4. The summed E-state index contributed by atoms with van der Waals surface area (Å²) in [6.45, 7) is -0.160. The van der Waals surface area contributed by atoms with Gasteiger partial charge in [0.15, 0.2) is 17.3 Å². The Hall–Kier alpha value is -2.77. The number of Topliss-reactive ketones (excluding diaryl/α,β-unsaturated/α-hetero) is 1. The van der Waals surface area contributed by atoms with Crippen molar-refractivity contribution in [2.45, 2.75) is 0 Å². The minimum Gasteiger partial charge on any atom is -0.454 e. The molecule has 0 unspecified atom stereocenters. The number of fused-ring (bicyclic) bond motifs is 1. The number of carbonyl (C=O) groups excluding carboxylic acids is 3. The van der Waals surface area contributed by atoms with Crippen LogP contribution in [0.3, 0.4) is 0 Å². The van der Waals surface area contributed by atoms with E-state index in [0.717, 1.165) is 16.7 Å². The highest BCUT2D eigenvalue weighted by molar-refractivity contribution is 8.18. The number of ketones is 1. The number of hydrogen-bond donors (Lipinski definition) is 0. The Kier molecular flexibility index (Phi) is 4.63. The molecule has 0 aliphatic carbocycles. The number of imide groups is 1. The fourth-order valence-electron chi connectivity index (χ4n) is 2.66. The number of rotatable bonds is 4. The summed E-state index contributed by atoms with van der Waals surface area (Å²) in [4.78, 5) is 38.3. The van der Waals surface area contributed by atoms with Gasteiger partial charge in [-0.2, -0.15) is 0 Å². The lowest BCUT2D eigenvalue weighted by atomic mass is 10.1. The predicted octanol–water partition coefficient (Wildman–Crippen LogP) is 3.99. The lowest BCUT2D eigenvalue weighted by Gasteiger charge is -2.11. The summed E-state index contributed by atoms with van der Waals surface area (Å²) in [6, 6.07) is 11.5. The molecule has 2 aromatic rings. The molecule has 0 atom stereocenters. The summed E-state index contributed by atoms with van der Waals surface area (Å²) >= 11 is 6.61. The highest BCUT2D eigenvalue weighted by Gasteiger charge is 2.36. The van der Waals surface area contributed by atoms with Crippen LogP contribution in [0.25, 0.3) is 6.08 Å². The van der Waals surface area contributed by atoms with E-state index in [-0.39, 0.29) is 24.0 Å². The molecule has 6 nitrogen and oxygen atoms in total. The van der Waals surface area contributed by atoms with E-state index in [4.69, 9.17) is 21.1 Å². The third kappa shape index (κ3) is 3.56. The molecule has 2 heterocycles. The summed E-state index contributed by atoms with van der Waals surface area (Å²) in [5, 5.41) is 0.0266. The average Bonchev–Trinajstić information content (AvgIpc) is 3.22. The maximum Gasteiger partial charge on any atom is 0.293 e. The fraction of sp³-hybridized carbons (Fsp3) is 0.105. The molecule has 0 N–H and O–H groups in total. The fourth-order valence-corrected chi connectivity index (χ4v) is 3.63. The Morgan fingerprint density at radius 2 is 1.85 bits per heavy atom. The molecule has 2 amide bonds. The summed E-state index contributed by atoms with van der Waals surface area (Å²) in [7, 11) is 0. The normalized spacial score (nSPS) is 17.1. The minimum atomic E-state index is -0.495. The van der Waals surface area contributed by atoms with Crippen LogP contribution in [0.2, 0.25) is 5.02 Å². The summed E-state index contributed by atoms with van der Waals surface area (Å²) in [5.74, 6) is 0.387. The maximum atomic E-state index is 12.6. The summed E-state index contributed by atoms with van der Waals surface area (Å²) in [5.41, 5.74) is 1.09. The Morgan fingerprint density at radius 1 is 1.11 bits per heavy atom. The van der Waals surface area contributed by atoms with Gasteiger partial charge in [0.05, 0.1) is 11.4 Å². The number of amides is 2. The molecule has 1 saturated heterocycles. The highest BCUT2D eigenvalue weighted by atomic mass is 35.5. The van der Waals surface area contributed by atoms with Gasteiger partial charge < -0.3 is 9.47 Å².